The van der Waals surface area contributed by atoms with Crippen LogP contribution in [0.25, 0.3) is 44.2 Å². The Morgan fingerprint density at radius 2 is 1.21 bits per heavy atom. The quantitative estimate of drug-likeness (QED) is 0.235. The van der Waals surface area contributed by atoms with Gasteiger partial charge in [-0.15, -0.1) is 0 Å². The van der Waals surface area contributed by atoms with E-state index in [9.17, 15) is 0 Å². The molecule has 4 bridgehead atoms. The van der Waals surface area contributed by atoms with Crippen molar-refractivity contribution in [3.63, 3.8) is 0 Å². The zero-order valence-electron chi connectivity index (χ0n) is 23.5. The van der Waals surface area contributed by atoms with E-state index in [4.69, 9.17) is 4.42 Å². The van der Waals surface area contributed by atoms with Crippen LogP contribution in [-0.4, -0.2) is 0 Å². The first-order valence-electron chi connectivity index (χ1n) is 15.0. The monoisotopic (exact) mass is 510 g/mol. The summed E-state index contributed by atoms with van der Waals surface area (Å²) in [5, 5.41) is 2.42. The third-order valence-electron chi connectivity index (χ3n) is 10.4. The highest BCUT2D eigenvalue weighted by atomic mass is 16.3. The number of benzene rings is 4. The van der Waals surface area contributed by atoms with E-state index in [0.29, 0.717) is 5.41 Å². The van der Waals surface area contributed by atoms with Gasteiger partial charge in [-0.2, -0.15) is 0 Å². The van der Waals surface area contributed by atoms with Crippen LogP contribution in [0.3, 0.4) is 0 Å². The molecule has 0 aliphatic heterocycles. The second-order valence-corrected chi connectivity index (χ2v) is 14.1. The fourth-order valence-corrected chi connectivity index (χ4v) is 8.89. The number of hydrogen-bond donors (Lipinski definition) is 0. The molecule has 0 radical (unpaired) electrons. The van der Waals surface area contributed by atoms with Crippen LogP contribution in [-0.2, 0) is 10.8 Å². The van der Waals surface area contributed by atoms with E-state index in [1.165, 1.54) is 77.1 Å². The maximum Gasteiger partial charge on any atom is 0.139 e. The molecule has 4 aromatic carbocycles. The smallest absolute Gasteiger partial charge is 0.139 e. The average molecular weight is 511 g/mol. The Balaban J connectivity index is 1.24. The number of furan rings is 1. The molecule has 39 heavy (non-hydrogen) atoms. The van der Waals surface area contributed by atoms with Gasteiger partial charge in [0, 0.05) is 16.3 Å². The van der Waals surface area contributed by atoms with Gasteiger partial charge in [-0.1, -0.05) is 81.4 Å². The minimum atomic E-state index is -0.0243. The first-order valence-corrected chi connectivity index (χ1v) is 15.0. The van der Waals surface area contributed by atoms with E-state index in [-0.39, 0.29) is 5.41 Å². The highest BCUT2D eigenvalue weighted by Crippen LogP contribution is 2.60. The lowest BCUT2D eigenvalue weighted by Crippen LogP contribution is -2.48. The van der Waals surface area contributed by atoms with E-state index in [1.54, 1.807) is 5.56 Å². The Morgan fingerprint density at radius 3 is 1.85 bits per heavy atom. The van der Waals surface area contributed by atoms with Crippen molar-refractivity contribution in [1.82, 2.24) is 0 Å². The predicted molar refractivity (Wildman–Crippen MR) is 163 cm³/mol. The lowest BCUT2D eigenvalue weighted by molar-refractivity contribution is -0.00518. The highest BCUT2D eigenvalue weighted by Gasteiger charge is 2.51. The molecule has 0 saturated heterocycles. The van der Waals surface area contributed by atoms with Crippen LogP contribution in [0.4, 0.5) is 0 Å². The third kappa shape index (κ3) is 3.80. The molecule has 4 fully saturated rings. The average Bonchev–Trinajstić information content (AvgIpc) is 3.29. The van der Waals surface area contributed by atoms with Crippen molar-refractivity contribution in [2.75, 3.05) is 0 Å². The van der Waals surface area contributed by atoms with E-state index < -0.39 is 0 Å². The Bertz CT molecular complexity index is 1660. The lowest BCUT2D eigenvalue weighted by Gasteiger charge is -2.57. The van der Waals surface area contributed by atoms with Crippen molar-refractivity contribution in [2.45, 2.75) is 70.1 Å². The molecule has 0 amide bonds. The minimum absolute atomic E-state index is 0.0243. The Hall–Kier alpha value is -3.32. The van der Waals surface area contributed by atoms with E-state index >= 15 is 0 Å². The molecular formula is C38H38O. The summed E-state index contributed by atoms with van der Waals surface area (Å²) in [6.45, 7) is 6.89. The fraction of sp³-hybridized carbons (Fsp3) is 0.368. The van der Waals surface area contributed by atoms with Gasteiger partial charge < -0.3 is 4.42 Å². The van der Waals surface area contributed by atoms with Gasteiger partial charge in [-0.05, 0) is 119 Å². The standard InChI is InChI=1S/C38H38O/c1-37(2,3)34-20-30(19-33-32-18-29(27-7-5-4-6-8-27)11-14-35(32)39-36(33)34)28-9-12-31(13-10-28)38-21-24-15-25(22-38)17-26(16-24)23-38/h4-14,18-20,24-26H,15-17,21-23H2,1-3H3. The van der Waals surface area contributed by atoms with Crippen molar-refractivity contribution in [1.29, 1.82) is 0 Å². The molecule has 9 rings (SSSR count). The van der Waals surface area contributed by atoms with Crippen LogP contribution in [0.5, 0.6) is 0 Å². The summed E-state index contributed by atoms with van der Waals surface area (Å²) in [5.41, 5.74) is 10.4. The van der Waals surface area contributed by atoms with Gasteiger partial charge in [0.25, 0.3) is 0 Å². The second-order valence-electron chi connectivity index (χ2n) is 14.1. The van der Waals surface area contributed by atoms with Gasteiger partial charge in [0.15, 0.2) is 0 Å². The number of fused-ring (bicyclic) bond motifs is 3. The summed E-state index contributed by atoms with van der Waals surface area (Å²) in [6, 6.07) is 31.8. The van der Waals surface area contributed by atoms with Gasteiger partial charge >= 0.3 is 0 Å². The molecule has 0 N–H and O–H groups in total. The van der Waals surface area contributed by atoms with Crippen LogP contribution in [0.15, 0.2) is 89.3 Å². The summed E-state index contributed by atoms with van der Waals surface area (Å²) >= 11 is 0. The molecule has 5 aromatic rings. The van der Waals surface area contributed by atoms with E-state index in [1.807, 2.05) is 0 Å². The van der Waals surface area contributed by atoms with Crippen molar-refractivity contribution in [3.05, 3.63) is 96.1 Å². The normalized spacial score (nSPS) is 26.1. The van der Waals surface area contributed by atoms with Crippen molar-refractivity contribution >= 4 is 21.9 Å². The molecule has 1 heteroatoms. The molecule has 4 aliphatic rings. The summed E-state index contributed by atoms with van der Waals surface area (Å²) in [7, 11) is 0. The first-order chi connectivity index (χ1) is 18.8. The summed E-state index contributed by atoms with van der Waals surface area (Å²) in [4.78, 5) is 0. The molecular weight excluding hydrogens is 472 g/mol. The Morgan fingerprint density at radius 1 is 0.615 bits per heavy atom. The Kier molecular flexibility index (Phi) is 5.04. The molecule has 4 aliphatic carbocycles. The maximum atomic E-state index is 6.55. The van der Waals surface area contributed by atoms with Crippen LogP contribution < -0.4 is 0 Å². The zero-order valence-corrected chi connectivity index (χ0v) is 23.5. The van der Waals surface area contributed by atoms with Gasteiger partial charge in [-0.3, -0.25) is 0 Å². The molecule has 1 heterocycles. The molecule has 0 spiro atoms. The maximum absolute atomic E-state index is 6.55. The third-order valence-corrected chi connectivity index (χ3v) is 10.4. The SMILES string of the molecule is CC(C)(C)c1cc(-c2ccc(C34CC5CC(CC(C5)C3)C4)cc2)cc2c1oc1ccc(-c3ccccc3)cc12. The van der Waals surface area contributed by atoms with Gasteiger partial charge in [0.2, 0.25) is 0 Å². The van der Waals surface area contributed by atoms with Crippen LogP contribution in [0.2, 0.25) is 0 Å². The van der Waals surface area contributed by atoms with E-state index in [0.717, 1.165) is 28.9 Å². The first kappa shape index (κ1) is 23.6. The molecule has 1 aromatic heterocycles. The lowest BCUT2D eigenvalue weighted by atomic mass is 9.48. The molecule has 0 unspecified atom stereocenters. The summed E-state index contributed by atoms with van der Waals surface area (Å²) in [6.07, 6.45) is 8.75. The molecule has 1 nitrogen and oxygen atoms in total. The topological polar surface area (TPSA) is 13.1 Å². The molecule has 196 valence electrons. The second kappa shape index (κ2) is 8.34. The van der Waals surface area contributed by atoms with Crippen LogP contribution in [0.1, 0.15) is 70.4 Å². The van der Waals surface area contributed by atoms with Crippen molar-refractivity contribution in [2.24, 2.45) is 17.8 Å². The largest absolute Gasteiger partial charge is 0.456 e. The highest BCUT2D eigenvalue weighted by molar-refractivity contribution is 6.09. The zero-order chi connectivity index (χ0) is 26.4. The van der Waals surface area contributed by atoms with Crippen molar-refractivity contribution < 1.29 is 4.42 Å². The summed E-state index contributed by atoms with van der Waals surface area (Å²) < 4.78 is 6.55. The number of hydrogen-bond acceptors (Lipinski definition) is 1. The van der Waals surface area contributed by atoms with Crippen LogP contribution in [0, 0.1) is 17.8 Å². The predicted octanol–water partition coefficient (Wildman–Crippen LogP) is 10.7. The molecule has 4 saturated carbocycles. The van der Waals surface area contributed by atoms with Gasteiger partial charge in [0.05, 0.1) is 0 Å². The number of rotatable bonds is 3. The molecule has 0 atom stereocenters. The fourth-order valence-electron chi connectivity index (χ4n) is 8.89. The van der Waals surface area contributed by atoms with Crippen molar-refractivity contribution in [3.8, 4) is 22.3 Å². The van der Waals surface area contributed by atoms with Gasteiger partial charge in [-0.25, -0.2) is 0 Å². The minimum Gasteiger partial charge on any atom is -0.456 e. The Labute approximate surface area is 232 Å². The summed E-state index contributed by atoms with van der Waals surface area (Å²) in [5.74, 6) is 2.92. The van der Waals surface area contributed by atoms with E-state index in [2.05, 4.69) is 106 Å². The van der Waals surface area contributed by atoms with Crippen LogP contribution >= 0.6 is 0 Å². The van der Waals surface area contributed by atoms with Gasteiger partial charge in [0.1, 0.15) is 11.2 Å².